The Bertz CT molecular complexity index is 340. The van der Waals surface area contributed by atoms with E-state index in [2.05, 4.69) is 0 Å². The van der Waals surface area contributed by atoms with E-state index in [0.717, 1.165) is 11.1 Å². The van der Waals surface area contributed by atoms with Crippen LogP contribution in [0.2, 0.25) is 0 Å². The minimum Gasteiger partial charge on any atom is -0.494 e. The molecule has 84 valence electrons. The summed E-state index contributed by atoms with van der Waals surface area (Å²) in [5.41, 5.74) is 7.34. The fourth-order valence-electron chi connectivity index (χ4n) is 1.47. The van der Waals surface area contributed by atoms with Gasteiger partial charge in [0.15, 0.2) is 11.6 Å². The van der Waals surface area contributed by atoms with Gasteiger partial charge in [0.2, 0.25) is 0 Å². The van der Waals surface area contributed by atoms with Crippen LogP contribution in [0.1, 0.15) is 24.1 Å². The molecule has 1 aromatic rings. The molecule has 4 heteroatoms. The normalized spacial score (nSPS) is 12.6. The SMILES string of the molecule is COCc1cc(OC)c(F)cc1C(C)N. The smallest absolute Gasteiger partial charge is 0.165 e. The number of halogens is 1. The predicted molar refractivity (Wildman–Crippen MR) is 56.3 cm³/mol. The van der Waals surface area contributed by atoms with Gasteiger partial charge >= 0.3 is 0 Å². The van der Waals surface area contributed by atoms with Crippen LogP contribution in [-0.2, 0) is 11.3 Å². The molecule has 1 unspecified atom stereocenters. The van der Waals surface area contributed by atoms with Gasteiger partial charge < -0.3 is 15.2 Å². The fourth-order valence-corrected chi connectivity index (χ4v) is 1.47. The topological polar surface area (TPSA) is 44.5 Å². The zero-order valence-electron chi connectivity index (χ0n) is 9.21. The van der Waals surface area contributed by atoms with Crippen LogP contribution >= 0.6 is 0 Å². The maximum Gasteiger partial charge on any atom is 0.165 e. The summed E-state index contributed by atoms with van der Waals surface area (Å²) in [6.45, 7) is 2.20. The third-order valence-electron chi connectivity index (χ3n) is 2.20. The number of rotatable bonds is 4. The quantitative estimate of drug-likeness (QED) is 0.832. The molecule has 1 rings (SSSR count). The molecule has 0 fully saturated rings. The molecule has 0 aliphatic heterocycles. The van der Waals surface area contributed by atoms with E-state index in [1.165, 1.54) is 13.2 Å². The molecular weight excluding hydrogens is 197 g/mol. The Morgan fingerprint density at radius 3 is 2.53 bits per heavy atom. The van der Waals surface area contributed by atoms with Crippen molar-refractivity contribution in [3.63, 3.8) is 0 Å². The van der Waals surface area contributed by atoms with E-state index >= 15 is 0 Å². The van der Waals surface area contributed by atoms with Crippen LogP contribution in [0.4, 0.5) is 4.39 Å². The number of ether oxygens (including phenoxy) is 2. The molecule has 0 heterocycles. The van der Waals surface area contributed by atoms with Crippen LogP contribution < -0.4 is 10.5 Å². The molecule has 0 saturated heterocycles. The van der Waals surface area contributed by atoms with Crippen LogP contribution in [0.3, 0.4) is 0 Å². The van der Waals surface area contributed by atoms with E-state index < -0.39 is 5.82 Å². The summed E-state index contributed by atoms with van der Waals surface area (Å²) in [6.07, 6.45) is 0. The molecule has 0 saturated carbocycles. The van der Waals surface area contributed by atoms with Gasteiger partial charge in [-0.15, -0.1) is 0 Å². The summed E-state index contributed by atoms with van der Waals surface area (Å²) in [5.74, 6) is -0.184. The van der Waals surface area contributed by atoms with Gasteiger partial charge in [-0.25, -0.2) is 4.39 Å². The van der Waals surface area contributed by atoms with Gasteiger partial charge in [-0.05, 0) is 30.2 Å². The maximum atomic E-state index is 13.4. The molecule has 0 aliphatic carbocycles. The third-order valence-corrected chi connectivity index (χ3v) is 2.20. The first-order valence-electron chi connectivity index (χ1n) is 4.71. The second kappa shape index (κ2) is 5.09. The van der Waals surface area contributed by atoms with Crippen LogP contribution in [0.15, 0.2) is 12.1 Å². The molecule has 0 spiro atoms. The summed E-state index contributed by atoms with van der Waals surface area (Å²) in [5, 5.41) is 0. The Morgan fingerprint density at radius 1 is 1.40 bits per heavy atom. The van der Waals surface area contributed by atoms with Crippen molar-refractivity contribution in [2.75, 3.05) is 14.2 Å². The first-order valence-corrected chi connectivity index (χ1v) is 4.71. The van der Waals surface area contributed by atoms with Gasteiger partial charge in [0.05, 0.1) is 13.7 Å². The lowest BCUT2D eigenvalue weighted by molar-refractivity contribution is 0.183. The molecule has 15 heavy (non-hydrogen) atoms. The summed E-state index contributed by atoms with van der Waals surface area (Å²) in [7, 11) is 3.02. The van der Waals surface area contributed by atoms with Crippen molar-refractivity contribution in [3.05, 3.63) is 29.1 Å². The zero-order valence-corrected chi connectivity index (χ0v) is 9.21. The van der Waals surface area contributed by atoms with Gasteiger partial charge in [-0.1, -0.05) is 0 Å². The highest BCUT2D eigenvalue weighted by molar-refractivity contribution is 5.38. The van der Waals surface area contributed by atoms with Crippen LogP contribution in [0.25, 0.3) is 0 Å². The van der Waals surface area contributed by atoms with Crippen molar-refractivity contribution >= 4 is 0 Å². The molecular formula is C11H16FNO2. The van der Waals surface area contributed by atoms with Crippen molar-refractivity contribution in [1.29, 1.82) is 0 Å². The fraction of sp³-hybridized carbons (Fsp3) is 0.455. The van der Waals surface area contributed by atoms with Crippen molar-refractivity contribution < 1.29 is 13.9 Å². The first kappa shape index (κ1) is 11.9. The van der Waals surface area contributed by atoms with Gasteiger partial charge in [0.1, 0.15) is 0 Å². The van der Waals surface area contributed by atoms with E-state index in [1.807, 2.05) is 0 Å². The molecule has 2 N–H and O–H groups in total. The average Bonchev–Trinajstić information content (AvgIpc) is 2.20. The predicted octanol–water partition coefficient (Wildman–Crippen LogP) is 2.00. The molecule has 0 amide bonds. The largest absolute Gasteiger partial charge is 0.494 e. The Kier molecular flexibility index (Phi) is 4.05. The lowest BCUT2D eigenvalue weighted by atomic mass is 10.0. The van der Waals surface area contributed by atoms with Crippen LogP contribution in [0.5, 0.6) is 5.75 Å². The molecule has 0 radical (unpaired) electrons. The van der Waals surface area contributed by atoms with Crippen LogP contribution in [0, 0.1) is 5.82 Å². The number of methoxy groups -OCH3 is 2. The van der Waals surface area contributed by atoms with E-state index in [9.17, 15) is 4.39 Å². The highest BCUT2D eigenvalue weighted by Gasteiger charge is 2.12. The summed E-state index contributed by atoms with van der Waals surface area (Å²) >= 11 is 0. The lowest BCUT2D eigenvalue weighted by Crippen LogP contribution is -2.10. The van der Waals surface area contributed by atoms with Crippen molar-refractivity contribution in [2.24, 2.45) is 5.73 Å². The summed E-state index contributed by atoms with van der Waals surface area (Å²) < 4.78 is 23.3. The van der Waals surface area contributed by atoms with Crippen molar-refractivity contribution in [3.8, 4) is 5.75 Å². The first-order chi connectivity index (χ1) is 7.10. The van der Waals surface area contributed by atoms with Gasteiger partial charge in [0.25, 0.3) is 0 Å². The van der Waals surface area contributed by atoms with Crippen LogP contribution in [-0.4, -0.2) is 14.2 Å². The summed E-state index contributed by atoms with van der Waals surface area (Å²) in [6, 6.07) is 2.80. The van der Waals surface area contributed by atoms with Gasteiger partial charge in [-0.2, -0.15) is 0 Å². The highest BCUT2D eigenvalue weighted by Crippen LogP contribution is 2.25. The number of hydrogen-bond donors (Lipinski definition) is 1. The minimum atomic E-state index is -0.398. The van der Waals surface area contributed by atoms with Crippen molar-refractivity contribution in [1.82, 2.24) is 0 Å². The maximum absolute atomic E-state index is 13.4. The second-order valence-electron chi connectivity index (χ2n) is 3.41. The highest BCUT2D eigenvalue weighted by atomic mass is 19.1. The van der Waals surface area contributed by atoms with E-state index in [-0.39, 0.29) is 11.8 Å². The molecule has 1 atom stereocenters. The van der Waals surface area contributed by atoms with E-state index in [4.69, 9.17) is 15.2 Å². The lowest BCUT2D eigenvalue weighted by Gasteiger charge is -2.14. The standard InChI is InChI=1S/C11H16FNO2/c1-7(13)9-5-10(12)11(15-3)4-8(9)6-14-2/h4-5,7H,6,13H2,1-3H3. The number of nitrogens with two attached hydrogens (primary N) is 1. The zero-order chi connectivity index (χ0) is 11.4. The van der Waals surface area contributed by atoms with E-state index in [1.54, 1.807) is 20.1 Å². The molecule has 1 aromatic carbocycles. The molecule has 0 aliphatic rings. The average molecular weight is 213 g/mol. The molecule has 0 bridgehead atoms. The van der Waals surface area contributed by atoms with Gasteiger partial charge in [-0.3, -0.25) is 0 Å². The van der Waals surface area contributed by atoms with Crippen molar-refractivity contribution in [2.45, 2.75) is 19.6 Å². The second-order valence-corrected chi connectivity index (χ2v) is 3.41. The monoisotopic (exact) mass is 213 g/mol. The summed E-state index contributed by atoms with van der Waals surface area (Å²) in [4.78, 5) is 0. The van der Waals surface area contributed by atoms with E-state index in [0.29, 0.717) is 6.61 Å². The minimum absolute atomic E-state index is 0.214. The Balaban J connectivity index is 3.19. The Labute approximate surface area is 89.0 Å². The number of hydrogen-bond acceptors (Lipinski definition) is 3. The number of benzene rings is 1. The third kappa shape index (κ3) is 2.67. The molecule has 0 aromatic heterocycles. The Hall–Kier alpha value is -1.13. The van der Waals surface area contributed by atoms with Gasteiger partial charge in [0, 0.05) is 13.2 Å². The molecule has 3 nitrogen and oxygen atoms in total. The Morgan fingerprint density at radius 2 is 2.07 bits per heavy atom.